The van der Waals surface area contributed by atoms with E-state index in [0.717, 1.165) is 12.8 Å². The highest BCUT2D eigenvalue weighted by atomic mass is 19.3. The van der Waals surface area contributed by atoms with Gasteiger partial charge in [-0.25, -0.2) is 0 Å². The first kappa shape index (κ1) is 11.3. The quantitative estimate of drug-likeness (QED) is 0.631. The monoisotopic (exact) mass is 179 g/mol. The van der Waals surface area contributed by atoms with Gasteiger partial charge in [0.25, 0.3) is 5.91 Å². The zero-order valence-electron chi connectivity index (χ0n) is 7.52. The molecule has 4 heteroatoms. The average Bonchev–Trinajstić information content (AvgIpc) is 2.05. The minimum absolute atomic E-state index is 0.364. The molecule has 0 aromatic heterocycles. The van der Waals surface area contributed by atoms with Crippen molar-refractivity contribution in [3.05, 3.63) is 0 Å². The molecule has 0 spiro atoms. The molecule has 0 aromatic carbocycles. The Balaban J connectivity index is 3.88. The molecule has 0 fully saturated rings. The summed E-state index contributed by atoms with van der Waals surface area (Å²) < 4.78 is 23.8. The molecule has 0 unspecified atom stereocenters. The lowest BCUT2D eigenvalue weighted by atomic mass is 10.3. The molecule has 0 aromatic rings. The highest BCUT2D eigenvalue weighted by molar-refractivity contribution is 5.79. The maximum absolute atomic E-state index is 11.9. The summed E-state index contributed by atoms with van der Waals surface area (Å²) >= 11 is 0. The van der Waals surface area contributed by atoms with Crippen LogP contribution in [0.4, 0.5) is 8.78 Å². The second-order valence-corrected chi connectivity index (χ2v) is 2.57. The van der Waals surface area contributed by atoms with E-state index < -0.39 is 12.3 Å². The molecular weight excluding hydrogens is 164 g/mol. The summed E-state index contributed by atoms with van der Waals surface area (Å²) in [5, 5.41) is 0. The second-order valence-electron chi connectivity index (χ2n) is 2.57. The summed E-state index contributed by atoms with van der Waals surface area (Å²) in [6.07, 6.45) is -1.17. The van der Waals surface area contributed by atoms with Crippen molar-refractivity contribution < 1.29 is 13.6 Å². The van der Waals surface area contributed by atoms with E-state index in [1.165, 1.54) is 4.90 Å². The number of alkyl halides is 2. The molecule has 0 aliphatic carbocycles. The summed E-state index contributed by atoms with van der Waals surface area (Å²) in [6, 6.07) is 0. The lowest BCUT2D eigenvalue weighted by Crippen LogP contribution is -2.36. The van der Waals surface area contributed by atoms with Crippen molar-refractivity contribution in [2.75, 3.05) is 13.1 Å². The van der Waals surface area contributed by atoms with Crippen molar-refractivity contribution in [3.8, 4) is 0 Å². The van der Waals surface area contributed by atoms with Gasteiger partial charge in [0.1, 0.15) is 0 Å². The molecule has 0 saturated carbocycles. The van der Waals surface area contributed by atoms with Crippen LogP contribution in [0, 0.1) is 0 Å². The number of hydrogen-bond acceptors (Lipinski definition) is 1. The Labute approximate surface area is 71.5 Å². The van der Waals surface area contributed by atoms with Crippen molar-refractivity contribution in [1.29, 1.82) is 0 Å². The van der Waals surface area contributed by atoms with Crippen LogP contribution in [0.15, 0.2) is 0 Å². The van der Waals surface area contributed by atoms with E-state index in [0.29, 0.717) is 13.1 Å². The first-order chi connectivity index (χ1) is 5.63. The Morgan fingerprint density at radius 3 is 2.33 bits per heavy atom. The molecule has 0 atom stereocenters. The van der Waals surface area contributed by atoms with E-state index in [-0.39, 0.29) is 0 Å². The van der Waals surface area contributed by atoms with E-state index in [2.05, 4.69) is 0 Å². The number of carbonyl (C=O) groups is 1. The third kappa shape index (κ3) is 3.64. The average molecular weight is 179 g/mol. The molecule has 0 saturated heterocycles. The van der Waals surface area contributed by atoms with Crippen LogP contribution in [0.25, 0.3) is 0 Å². The highest BCUT2D eigenvalue weighted by Crippen LogP contribution is 2.02. The van der Waals surface area contributed by atoms with Crippen molar-refractivity contribution in [2.45, 2.75) is 33.1 Å². The molecule has 0 N–H and O–H groups in total. The van der Waals surface area contributed by atoms with Crippen LogP contribution >= 0.6 is 0 Å². The molecule has 0 bridgehead atoms. The van der Waals surface area contributed by atoms with Crippen LogP contribution in [0.1, 0.15) is 26.7 Å². The molecule has 0 aliphatic rings. The molecule has 0 rings (SSSR count). The van der Waals surface area contributed by atoms with Gasteiger partial charge in [0.2, 0.25) is 0 Å². The van der Waals surface area contributed by atoms with Crippen LogP contribution in [0.5, 0.6) is 0 Å². The standard InChI is InChI=1S/C8H15F2NO/c1-3-5-6-11(4-2)8(12)7(9)10/h7H,3-6H2,1-2H3. The zero-order chi connectivity index (χ0) is 9.56. The summed E-state index contributed by atoms with van der Waals surface area (Å²) in [5.41, 5.74) is 0. The number of unbranched alkanes of at least 4 members (excludes halogenated alkanes) is 1. The molecule has 2 nitrogen and oxygen atoms in total. The van der Waals surface area contributed by atoms with Crippen LogP contribution in [0.2, 0.25) is 0 Å². The normalized spacial score (nSPS) is 10.4. The lowest BCUT2D eigenvalue weighted by Gasteiger charge is -2.19. The third-order valence-electron chi connectivity index (χ3n) is 1.66. The topological polar surface area (TPSA) is 20.3 Å². The van der Waals surface area contributed by atoms with Crippen LogP contribution in [-0.4, -0.2) is 30.3 Å². The van der Waals surface area contributed by atoms with Gasteiger partial charge in [-0.3, -0.25) is 4.79 Å². The minimum atomic E-state index is -2.86. The van der Waals surface area contributed by atoms with Gasteiger partial charge in [-0.2, -0.15) is 8.78 Å². The van der Waals surface area contributed by atoms with Crippen LogP contribution in [-0.2, 0) is 4.79 Å². The fourth-order valence-electron chi connectivity index (χ4n) is 0.911. The molecule has 0 aliphatic heterocycles. The van der Waals surface area contributed by atoms with E-state index >= 15 is 0 Å². The van der Waals surface area contributed by atoms with Crippen LogP contribution < -0.4 is 0 Å². The van der Waals surface area contributed by atoms with Gasteiger partial charge in [0.05, 0.1) is 0 Å². The first-order valence-electron chi connectivity index (χ1n) is 4.20. The van der Waals surface area contributed by atoms with Crippen LogP contribution in [0.3, 0.4) is 0 Å². The van der Waals surface area contributed by atoms with Gasteiger partial charge >= 0.3 is 6.43 Å². The lowest BCUT2D eigenvalue weighted by molar-refractivity contribution is -0.142. The molecular formula is C8H15F2NO. The maximum atomic E-state index is 11.9. The van der Waals surface area contributed by atoms with E-state index in [1.807, 2.05) is 6.92 Å². The predicted octanol–water partition coefficient (Wildman–Crippen LogP) is 1.90. The smallest absolute Gasteiger partial charge is 0.315 e. The van der Waals surface area contributed by atoms with E-state index in [9.17, 15) is 13.6 Å². The number of hydrogen-bond donors (Lipinski definition) is 0. The third-order valence-corrected chi connectivity index (χ3v) is 1.66. The van der Waals surface area contributed by atoms with E-state index in [4.69, 9.17) is 0 Å². The fourth-order valence-corrected chi connectivity index (χ4v) is 0.911. The highest BCUT2D eigenvalue weighted by Gasteiger charge is 2.20. The summed E-state index contributed by atoms with van der Waals surface area (Å²) in [4.78, 5) is 11.9. The second kappa shape index (κ2) is 5.91. The largest absolute Gasteiger partial charge is 0.338 e. The van der Waals surface area contributed by atoms with Gasteiger partial charge in [-0.05, 0) is 13.3 Å². The number of amides is 1. The maximum Gasteiger partial charge on any atom is 0.315 e. The Hall–Kier alpha value is -0.670. The van der Waals surface area contributed by atoms with Gasteiger partial charge in [-0.15, -0.1) is 0 Å². The van der Waals surface area contributed by atoms with Crippen molar-refractivity contribution in [3.63, 3.8) is 0 Å². The summed E-state index contributed by atoms with van der Waals surface area (Å²) in [6.45, 7) is 4.47. The molecule has 0 heterocycles. The van der Waals surface area contributed by atoms with E-state index in [1.54, 1.807) is 6.92 Å². The number of rotatable bonds is 5. The predicted molar refractivity (Wildman–Crippen MR) is 43.2 cm³/mol. The Bertz CT molecular complexity index is 139. The Morgan fingerprint density at radius 2 is 2.00 bits per heavy atom. The SMILES string of the molecule is CCCCN(CC)C(=O)C(F)F. The number of halogens is 2. The fraction of sp³-hybridized carbons (Fsp3) is 0.875. The summed E-state index contributed by atoms with van der Waals surface area (Å²) in [7, 11) is 0. The van der Waals surface area contributed by atoms with Gasteiger partial charge in [0.15, 0.2) is 0 Å². The van der Waals surface area contributed by atoms with Crippen molar-refractivity contribution in [1.82, 2.24) is 4.90 Å². The summed E-state index contributed by atoms with van der Waals surface area (Å²) in [5.74, 6) is -1.05. The Kier molecular flexibility index (Phi) is 5.58. The minimum Gasteiger partial charge on any atom is -0.338 e. The van der Waals surface area contributed by atoms with Gasteiger partial charge in [-0.1, -0.05) is 13.3 Å². The molecule has 72 valence electrons. The number of carbonyl (C=O) groups excluding carboxylic acids is 1. The molecule has 0 radical (unpaired) electrons. The Morgan fingerprint density at radius 1 is 1.42 bits per heavy atom. The first-order valence-corrected chi connectivity index (χ1v) is 4.20. The van der Waals surface area contributed by atoms with Gasteiger partial charge in [0, 0.05) is 13.1 Å². The number of nitrogens with zero attached hydrogens (tertiary/aromatic N) is 1. The molecule has 12 heavy (non-hydrogen) atoms. The van der Waals surface area contributed by atoms with Gasteiger partial charge < -0.3 is 4.90 Å². The van der Waals surface area contributed by atoms with Crippen molar-refractivity contribution in [2.24, 2.45) is 0 Å². The molecule has 1 amide bonds. The zero-order valence-corrected chi connectivity index (χ0v) is 7.52. The van der Waals surface area contributed by atoms with Crippen molar-refractivity contribution >= 4 is 5.91 Å².